The summed E-state index contributed by atoms with van der Waals surface area (Å²) < 4.78 is 40.4. The molecule has 0 atom stereocenters. The highest BCUT2D eigenvalue weighted by molar-refractivity contribution is 7.89. The van der Waals surface area contributed by atoms with E-state index in [9.17, 15) is 22.4 Å². The predicted molar refractivity (Wildman–Crippen MR) is 126 cm³/mol. The molecule has 0 radical (unpaired) electrons. The van der Waals surface area contributed by atoms with Crippen LogP contribution in [0.25, 0.3) is 0 Å². The van der Waals surface area contributed by atoms with Crippen molar-refractivity contribution in [1.82, 2.24) is 14.1 Å². The molecule has 2 aromatic rings. The lowest BCUT2D eigenvalue weighted by molar-refractivity contribution is -0.117. The fourth-order valence-electron chi connectivity index (χ4n) is 4.29. The molecule has 2 aliphatic rings. The first-order chi connectivity index (χ1) is 16.3. The van der Waals surface area contributed by atoms with Crippen LogP contribution in [0.4, 0.5) is 10.1 Å². The lowest BCUT2D eigenvalue weighted by Crippen LogP contribution is -2.50. The van der Waals surface area contributed by atoms with E-state index in [1.807, 2.05) is 4.90 Å². The molecule has 10 heteroatoms. The molecule has 2 heterocycles. The number of hydrogen-bond donors (Lipinski definition) is 1. The van der Waals surface area contributed by atoms with Gasteiger partial charge in [0.2, 0.25) is 15.9 Å². The van der Waals surface area contributed by atoms with Crippen LogP contribution in [-0.2, 0) is 14.8 Å². The van der Waals surface area contributed by atoms with Crippen LogP contribution in [0.2, 0.25) is 0 Å². The smallest absolute Gasteiger partial charge is 0.253 e. The Balaban J connectivity index is 1.29. The van der Waals surface area contributed by atoms with Crippen LogP contribution in [-0.4, -0.2) is 80.2 Å². The number of amides is 2. The third-order valence-electron chi connectivity index (χ3n) is 6.19. The molecule has 2 saturated heterocycles. The summed E-state index contributed by atoms with van der Waals surface area (Å²) in [4.78, 5) is 29.0. The molecule has 2 amide bonds. The molecular formula is C24H29FN4O4S. The molecule has 34 heavy (non-hydrogen) atoms. The summed E-state index contributed by atoms with van der Waals surface area (Å²) in [6, 6.07) is 11.9. The van der Waals surface area contributed by atoms with Crippen molar-refractivity contribution in [2.75, 3.05) is 51.1 Å². The summed E-state index contributed by atoms with van der Waals surface area (Å²) in [5.74, 6) is -0.816. The lowest BCUT2D eigenvalue weighted by Gasteiger charge is -2.34. The van der Waals surface area contributed by atoms with Gasteiger partial charge in [-0.3, -0.25) is 14.5 Å². The van der Waals surface area contributed by atoms with Gasteiger partial charge in [0.15, 0.2) is 0 Å². The Kier molecular flexibility index (Phi) is 7.60. The normalized spacial score (nSPS) is 18.0. The molecule has 182 valence electrons. The first-order valence-corrected chi connectivity index (χ1v) is 12.9. The number of nitrogens with one attached hydrogen (secondary N) is 1. The number of nitrogens with zero attached hydrogens (tertiary/aromatic N) is 3. The van der Waals surface area contributed by atoms with Gasteiger partial charge in [0.25, 0.3) is 5.91 Å². The summed E-state index contributed by atoms with van der Waals surface area (Å²) in [6.07, 6.45) is 2.78. The Bertz CT molecular complexity index is 1130. The second kappa shape index (κ2) is 10.6. The number of halogens is 1. The molecule has 0 spiro atoms. The maximum absolute atomic E-state index is 13.3. The summed E-state index contributed by atoms with van der Waals surface area (Å²) in [6.45, 7) is 3.20. The van der Waals surface area contributed by atoms with Crippen molar-refractivity contribution in [3.63, 3.8) is 0 Å². The zero-order chi connectivity index (χ0) is 24.1. The first kappa shape index (κ1) is 24.3. The van der Waals surface area contributed by atoms with Crippen molar-refractivity contribution in [3.8, 4) is 0 Å². The van der Waals surface area contributed by atoms with Gasteiger partial charge in [-0.2, -0.15) is 4.31 Å². The fraction of sp³-hybridized carbons (Fsp3) is 0.417. The zero-order valence-electron chi connectivity index (χ0n) is 19.0. The van der Waals surface area contributed by atoms with Crippen LogP contribution in [0.3, 0.4) is 0 Å². The van der Waals surface area contributed by atoms with Gasteiger partial charge in [-0.05, 0) is 55.3 Å². The van der Waals surface area contributed by atoms with Gasteiger partial charge in [0, 0.05) is 50.5 Å². The van der Waals surface area contributed by atoms with Gasteiger partial charge in [-0.25, -0.2) is 12.8 Å². The SMILES string of the molecule is O=C(CN1CCN(C(=O)c2ccc(S(=O)(=O)N3CCCCC3)cc2)CC1)Nc1cccc(F)c1. The Morgan fingerprint density at radius 1 is 0.882 bits per heavy atom. The van der Waals surface area contributed by atoms with Crippen LogP contribution in [0.5, 0.6) is 0 Å². The third kappa shape index (κ3) is 5.81. The number of carbonyl (C=O) groups is 2. The second-order valence-corrected chi connectivity index (χ2v) is 10.6. The number of piperazine rings is 1. The monoisotopic (exact) mass is 488 g/mol. The maximum atomic E-state index is 13.3. The van der Waals surface area contributed by atoms with Crippen molar-refractivity contribution in [3.05, 3.63) is 59.9 Å². The van der Waals surface area contributed by atoms with E-state index in [0.717, 1.165) is 19.3 Å². The molecule has 0 aliphatic carbocycles. The van der Waals surface area contributed by atoms with Crippen molar-refractivity contribution < 1.29 is 22.4 Å². The van der Waals surface area contributed by atoms with Gasteiger partial charge in [-0.15, -0.1) is 0 Å². The Morgan fingerprint density at radius 3 is 2.21 bits per heavy atom. The highest BCUT2D eigenvalue weighted by Gasteiger charge is 2.27. The summed E-state index contributed by atoms with van der Waals surface area (Å²) in [5, 5.41) is 2.68. The number of carbonyl (C=O) groups excluding carboxylic acids is 2. The highest BCUT2D eigenvalue weighted by Crippen LogP contribution is 2.21. The number of hydrogen-bond acceptors (Lipinski definition) is 5. The molecule has 0 saturated carbocycles. The van der Waals surface area contributed by atoms with E-state index in [1.54, 1.807) is 23.1 Å². The number of benzene rings is 2. The van der Waals surface area contributed by atoms with Crippen LogP contribution in [0.1, 0.15) is 29.6 Å². The van der Waals surface area contributed by atoms with E-state index < -0.39 is 15.8 Å². The van der Waals surface area contributed by atoms with Crippen LogP contribution in [0, 0.1) is 5.82 Å². The van der Waals surface area contributed by atoms with E-state index in [2.05, 4.69) is 5.32 Å². The van der Waals surface area contributed by atoms with Crippen molar-refractivity contribution in [1.29, 1.82) is 0 Å². The quantitative estimate of drug-likeness (QED) is 0.675. The van der Waals surface area contributed by atoms with Crippen molar-refractivity contribution in [2.45, 2.75) is 24.2 Å². The van der Waals surface area contributed by atoms with Gasteiger partial charge >= 0.3 is 0 Å². The van der Waals surface area contributed by atoms with Gasteiger partial charge < -0.3 is 10.2 Å². The number of anilines is 1. The fourth-order valence-corrected chi connectivity index (χ4v) is 5.80. The highest BCUT2D eigenvalue weighted by atomic mass is 32.2. The first-order valence-electron chi connectivity index (χ1n) is 11.5. The molecule has 0 aromatic heterocycles. The second-order valence-electron chi connectivity index (χ2n) is 8.62. The van der Waals surface area contributed by atoms with Crippen molar-refractivity contribution in [2.24, 2.45) is 0 Å². The minimum absolute atomic E-state index is 0.154. The van der Waals surface area contributed by atoms with Crippen LogP contribution < -0.4 is 5.32 Å². The average molecular weight is 489 g/mol. The summed E-state index contributed by atoms with van der Waals surface area (Å²) in [7, 11) is -3.53. The Labute approximate surface area is 199 Å². The van der Waals surface area contributed by atoms with Gasteiger partial charge in [0.1, 0.15) is 5.82 Å². The molecule has 4 rings (SSSR count). The van der Waals surface area contributed by atoms with Gasteiger partial charge in [0.05, 0.1) is 11.4 Å². The van der Waals surface area contributed by atoms with Gasteiger partial charge in [-0.1, -0.05) is 12.5 Å². The largest absolute Gasteiger partial charge is 0.336 e. The van der Waals surface area contributed by atoms with Crippen LogP contribution >= 0.6 is 0 Å². The third-order valence-corrected chi connectivity index (χ3v) is 8.10. The maximum Gasteiger partial charge on any atom is 0.253 e. The number of sulfonamides is 1. The topological polar surface area (TPSA) is 90.0 Å². The molecule has 2 aliphatic heterocycles. The van der Waals surface area contributed by atoms with Crippen molar-refractivity contribution >= 4 is 27.5 Å². The standard InChI is InChI=1S/C24H29FN4O4S/c25-20-5-4-6-21(17-20)26-23(30)18-27-13-15-28(16-14-27)24(31)19-7-9-22(10-8-19)34(32,33)29-11-2-1-3-12-29/h4-10,17H,1-3,11-16,18H2,(H,26,30). The van der Waals surface area contributed by atoms with E-state index >= 15 is 0 Å². The zero-order valence-corrected chi connectivity index (χ0v) is 19.8. The minimum atomic E-state index is -3.53. The van der Waals surface area contributed by atoms with E-state index in [-0.39, 0.29) is 23.3 Å². The van der Waals surface area contributed by atoms with E-state index in [4.69, 9.17) is 0 Å². The van der Waals surface area contributed by atoms with E-state index in [0.29, 0.717) is 50.5 Å². The molecule has 8 nitrogen and oxygen atoms in total. The molecule has 2 aromatic carbocycles. The predicted octanol–water partition coefficient (Wildman–Crippen LogP) is 2.40. The molecule has 2 fully saturated rings. The Hall–Kier alpha value is -2.82. The Morgan fingerprint density at radius 2 is 1.56 bits per heavy atom. The molecule has 0 bridgehead atoms. The average Bonchev–Trinajstić information content (AvgIpc) is 2.84. The number of piperidine rings is 1. The molecule has 0 unspecified atom stereocenters. The van der Waals surface area contributed by atoms with Crippen LogP contribution in [0.15, 0.2) is 53.4 Å². The summed E-state index contributed by atoms with van der Waals surface area (Å²) in [5.41, 5.74) is 0.847. The minimum Gasteiger partial charge on any atom is -0.336 e. The molecule has 1 N–H and O–H groups in total. The number of rotatable bonds is 6. The lowest BCUT2D eigenvalue weighted by atomic mass is 10.2. The molecular weight excluding hydrogens is 459 g/mol. The van der Waals surface area contributed by atoms with E-state index in [1.165, 1.54) is 34.6 Å². The summed E-state index contributed by atoms with van der Waals surface area (Å²) >= 11 is 0.